The molecule has 1 atom stereocenters. The first-order valence-electron chi connectivity index (χ1n) is 6.81. The number of fused-ring (bicyclic) bond motifs is 1. The molecule has 114 valence electrons. The Morgan fingerprint density at radius 1 is 1.18 bits per heavy atom. The van der Waals surface area contributed by atoms with Crippen LogP contribution >= 0.6 is 0 Å². The number of amides is 1. The van der Waals surface area contributed by atoms with Crippen molar-refractivity contribution in [2.24, 2.45) is 0 Å². The zero-order valence-corrected chi connectivity index (χ0v) is 13.0. The predicted molar refractivity (Wildman–Crippen MR) is 83.2 cm³/mol. The third kappa shape index (κ3) is 2.85. The molecule has 0 bridgehead atoms. The smallest absolute Gasteiger partial charge is 0.251 e. The average molecular weight is 317 g/mol. The molecular weight excluding hydrogens is 302 g/mol. The first-order valence-corrected chi connectivity index (χ1v) is 8.52. The number of nitrogens with zero attached hydrogens (tertiary/aromatic N) is 2. The van der Waals surface area contributed by atoms with Crippen LogP contribution in [0.15, 0.2) is 29.7 Å². The van der Waals surface area contributed by atoms with Crippen molar-refractivity contribution < 1.29 is 13.2 Å². The first-order chi connectivity index (χ1) is 10.3. The van der Waals surface area contributed by atoms with Crippen LogP contribution in [0.25, 0.3) is 11.0 Å². The van der Waals surface area contributed by atoms with E-state index in [0.717, 1.165) is 22.3 Å². The number of aryl methyl sites for hydroxylation is 2. The van der Waals surface area contributed by atoms with E-state index in [1.165, 1.54) is 6.08 Å². The summed E-state index contributed by atoms with van der Waals surface area (Å²) in [6.45, 7) is 3.75. The molecule has 2 aromatic rings. The molecule has 1 aliphatic rings. The Bertz CT molecular complexity index is 904. The minimum Gasteiger partial charge on any atom is -0.345 e. The van der Waals surface area contributed by atoms with Crippen LogP contribution in [0.1, 0.15) is 21.7 Å². The van der Waals surface area contributed by atoms with Crippen LogP contribution in [0.4, 0.5) is 0 Å². The van der Waals surface area contributed by atoms with Crippen molar-refractivity contribution >= 4 is 26.8 Å². The van der Waals surface area contributed by atoms with Gasteiger partial charge in [-0.05, 0) is 38.1 Å². The van der Waals surface area contributed by atoms with E-state index in [0.29, 0.717) is 11.1 Å². The number of carbonyl (C=O) groups excluding carboxylic acids is 1. The Kier molecular flexibility index (Phi) is 3.44. The molecule has 22 heavy (non-hydrogen) atoms. The molecule has 7 heteroatoms. The quantitative estimate of drug-likeness (QED) is 0.901. The van der Waals surface area contributed by atoms with Crippen LogP contribution in [-0.2, 0) is 9.84 Å². The summed E-state index contributed by atoms with van der Waals surface area (Å²) in [6, 6.07) is 4.58. The van der Waals surface area contributed by atoms with Gasteiger partial charge >= 0.3 is 0 Å². The molecule has 1 aromatic heterocycles. The van der Waals surface area contributed by atoms with E-state index < -0.39 is 15.9 Å². The maximum absolute atomic E-state index is 12.2. The molecule has 6 nitrogen and oxygen atoms in total. The number of rotatable bonds is 2. The minimum atomic E-state index is -3.19. The molecule has 3 rings (SSSR count). The van der Waals surface area contributed by atoms with E-state index in [2.05, 4.69) is 15.3 Å². The first kappa shape index (κ1) is 14.6. The van der Waals surface area contributed by atoms with Gasteiger partial charge in [-0.3, -0.25) is 4.79 Å². The van der Waals surface area contributed by atoms with Gasteiger partial charge in [0.15, 0.2) is 9.84 Å². The van der Waals surface area contributed by atoms with Gasteiger partial charge in [0.25, 0.3) is 5.91 Å². The lowest BCUT2D eigenvalue weighted by Gasteiger charge is -2.10. The van der Waals surface area contributed by atoms with E-state index >= 15 is 0 Å². The molecule has 1 amide bonds. The van der Waals surface area contributed by atoms with Gasteiger partial charge in [-0.15, -0.1) is 0 Å². The standard InChI is InChI=1S/C15H15N3O3S/c1-9-10(2)17-14-7-11(3-4-13(14)16-9)15(19)18-12-5-6-22(20,21)8-12/h3-7,12H,8H2,1-2H3,(H,18,19)/t12-/m1/s1. The van der Waals surface area contributed by atoms with Gasteiger partial charge in [0, 0.05) is 11.0 Å². The van der Waals surface area contributed by atoms with Crippen LogP contribution in [-0.4, -0.2) is 36.1 Å². The molecule has 0 saturated heterocycles. The minimum absolute atomic E-state index is 0.0928. The zero-order chi connectivity index (χ0) is 15.9. The molecule has 0 radical (unpaired) electrons. The van der Waals surface area contributed by atoms with Gasteiger partial charge in [0.2, 0.25) is 0 Å². The largest absolute Gasteiger partial charge is 0.345 e. The third-order valence-electron chi connectivity index (χ3n) is 3.58. The van der Waals surface area contributed by atoms with E-state index in [4.69, 9.17) is 0 Å². The van der Waals surface area contributed by atoms with Crippen molar-refractivity contribution in [3.8, 4) is 0 Å². The van der Waals surface area contributed by atoms with Gasteiger partial charge in [0.05, 0.1) is 34.2 Å². The summed E-state index contributed by atoms with van der Waals surface area (Å²) in [7, 11) is -3.19. The summed E-state index contributed by atoms with van der Waals surface area (Å²) in [5.74, 6) is -0.418. The lowest BCUT2D eigenvalue weighted by Crippen LogP contribution is -2.35. The fourth-order valence-electron chi connectivity index (χ4n) is 2.29. The molecular formula is C15H15N3O3S. The van der Waals surface area contributed by atoms with Crippen LogP contribution in [0.5, 0.6) is 0 Å². The maximum atomic E-state index is 12.2. The van der Waals surface area contributed by atoms with Gasteiger partial charge in [-0.25, -0.2) is 18.4 Å². The van der Waals surface area contributed by atoms with Crippen molar-refractivity contribution in [1.82, 2.24) is 15.3 Å². The second-order valence-corrected chi connectivity index (χ2v) is 7.27. The highest BCUT2D eigenvalue weighted by Gasteiger charge is 2.23. The highest BCUT2D eigenvalue weighted by atomic mass is 32.2. The van der Waals surface area contributed by atoms with Crippen molar-refractivity contribution in [3.05, 3.63) is 46.6 Å². The molecule has 0 spiro atoms. The number of hydrogen-bond donors (Lipinski definition) is 1. The zero-order valence-electron chi connectivity index (χ0n) is 12.2. The van der Waals surface area contributed by atoms with E-state index in [1.54, 1.807) is 18.2 Å². The lowest BCUT2D eigenvalue weighted by atomic mass is 10.1. The van der Waals surface area contributed by atoms with Crippen LogP contribution < -0.4 is 5.32 Å². The van der Waals surface area contributed by atoms with Crippen LogP contribution in [0, 0.1) is 13.8 Å². The molecule has 0 unspecified atom stereocenters. The molecule has 1 aliphatic heterocycles. The number of hydrogen-bond acceptors (Lipinski definition) is 5. The van der Waals surface area contributed by atoms with Crippen molar-refractivity contribution in [1.29, 1.82) is 0 Å². The molecule has 1 N–H and O–H groups in total. The highest BCUT2D eigenvalue weighted by molar-refractivity contribution is 7.94. The Morgan fingerprint density at radius 3 is 2.50 bits per heavy atom. The fraction of sp³-hybridized carbons (Fsp3) is 0.267. The fourth-order valence-corrected chi connectivity index (χ4v) is 3.52. The summed E-state index contributed by atoms with van der Waals surface area (Å²) in [4.78, 5) is 21.1. The van der Waals surface area contributed by atoms with E-state index in [-0.39, 0.29) is 11.7 Å². The van der Waals surface area contributed by atoms with E-state index in [1.807, 2.05) is 13.8 Å². The third-order valence-corrected chi connectivity index (χ3v) is 4.98. The second kappa shape index (κ2) is 5.17. The number of nitrogens with one attached hydrogen (secondary N) is 1. The summed E-state index contributed by atoms with van der Waals surface area (Å²) in [5.41, 5.74) is 3.47. The topological polar surface area (TPSA) is 89.0 Å². The summed E-state index contributed by atoms with van der Waals surface area (Å²) in [5, 5.41) is 3.82. The van der Waals surface area contributed by atoms with Gasteiger partial charge in [0.1, 0.15) is 0 Å². The van der Waals surface area contributed by atoms with Crippen molar-refractivity contribution in [2.45, 2.75) is 19.9 Å². The number of carbonyl (C=O) groups is 1. The van der Waals surface area contributed by atoms with Gasteiger partial charge < -0.3 is 5.32 Å². The van der Waals surface area contributed by atoms with Gasteiger partial charge in [-0.2, -0.15) is 0 Å². The van der Waals surface area contributed by atoms with Crippen LogP contribution in [0.3, 0.4) is 0 Å². The molecule has 2 heterocycles. The molecule has 1 aromatic carbocycles. The highest BCUT2D eigenvalue weighted by Crippen LogP contribution is 2.15. The van der Waals surface area contributed by atoms with E-state index in [9.17, 15) is 13.2 Å². The number of sulfone groups is 1. The normalized spacial score (nSPS) is 19.5. The second-order valence-electron chi connectivity index (χ2n) is 5.34. The Labute approximate surface area is 128 Å². The number of benzene rings is 1. The lowest BCUT2D eigenvalue weighted by molar-refractivity contribution is 0.0948. The summed E-state index contributed by atoms with van der Waals surface area (Å²) < 4.78 is 22.7. The summed E-state index contributed by atoms with van der Waals surface area (Å²) in [6.07, 6.45) is 1.49. The molecule has 0 fully saturated rings. The predicted octanol–water partition coefficient (Wildman–Crippen LogP) is 1.29. The molecule has 0 saturated carbocycles. The van der Waals surface area contributed by atoms with Crippen molar-refractivity contribution in [3.63, 3.8) is 0 Å². The maximum Gasteiger partial charge on any atom is 0.251 e. The number of aromatic nitrogens is 2. The van der Waals surface area contributed by atoms with Gasteiger partial charge in [-0.1, -0.05) is 0 Å². The Morgan fingerprint density at radius 2 is 1.86 bits per heavy atom. The average Bonchev–Trinajstić information content (AvgIpc) is 2.78. The Balaban J connectivity index is 1.85. The SMILES string of the molecule is Cc1nc2ccc(C(=O)N[C@@H]3C=CS(=O)(=O)C3)cc2nc1C. The Hall–Kier alpha value is -2.28. The van der Waals surface area contributed by atoms with Crippen LogP contribution in [0.2, 0.25) is 0 Å². The summed E-state index contributed by atoms with van der Waals surface area (Å²) >= 11 is 0. The monoisotopic (exact) mass is 317 g/mol. The molecule has 0 aliphatic carbocycles. The van der Waals surface area contributed by atoms with Crippen molar-refractivity contribution in [2.75, 3.05) is 5.75 Å².